The van der Waals surface area contributed by atoms with Gasteiger partial charge in [0, 0.05) is 18.3 Å². The van der Waals surface area contributed by atoms with Gasteiger partial charge >= 0.3 is 0 Å². The van der Waals surface area contributed by atoms with E-state index >= 15 is 0 Å². The van der Waals surface area contributed by atoms with Gasteiger partial charge in [-0.2, -0.15) is 11.8 Å². The summed E-state index contributed by atoms with van der Waals surface area (Å²) in [5, 5.41) is 0.640. The number of rotatable bonds is 5. The first-order chi connectivity index (χ1) is 7.27. The Kier molecular flexibility index (Phi) is 6.10. The molecule has 0 aliphatic carbocycles. The van der Waals surface area contributed by atoms with Crippen molar-refractivity contribution in [3.05, 3.63) is 0 Å². The summed E-state index contributed by atoms with van der Waals surface area (Å²) in [6.45, 7) is 4.18. The molecule has 1 atom stereocenters. The van der Waals surface area contributed by atoms with Crippen LogP contribution in [0, 0.1) is 0 Å². The zero-order valence-corrected chi connectivity index (χ0v) is 10.4. The molecule has 0 spiro atoms. The molecule has 1 aliphatic heterocycles. The minimum atomic E-state index is 0.107. The molecule has 88 valence electrons. The molecule has 0 aromatic rings. The van der Waals surface area contributed by atoms with Gasteiger partial charge in [0.05, 0.1) is 6.54 Å². The highest BCUT2D eigenvalue weighted by molar-refractivity contribution is 7.99. The third-order valence-corrected chi connectivity index (χ3v) is 4.14. The van der Waals surface area contributed by atoms with Gasteiger partial charge in [-0.15, -0.1) is 0 Å². The lowest BCUT2D eigenvalue weighted by atomic mass is 10.1. The predicted octanol–water partition coefficient (Wildman–Crippen LogP) is 1.47. The van der Waals surface area contributed by atoms with Crippen LogP contribution in [0.3, 0.4) is 0 Å². The van der Waals surface area contributed by atoms with Crippen molar-refractivity contribution in [1.29, 1.82) is 0 Å². The molecule has 3 nitrogen and oxygen atoms in total. The topological polar surface area (TPSA) is 46.3 Å². The van der Waals surface area contributed by atoms with Gasteiger partial charge < -0.3 is 10.6 Å². The number of likely N-dealkylation sites (tertiary alicyclic amines) is 1. The molecule has 0 aromatic carbocycles. The first kappa shape index (κ1) is 12.8. The van der Waals surface area contributed by atoms with E-state index in [4.69, 9.17) is 5.73 Å². The Hall–Kier alpha value is -0.220. The molecule has 1 fully saturated rings. The number of carbonyl (C=O) groups is 1. The first-order valence-electron chi connectivity index (χ1n) is 5.87. The number of unbranched alkanes of at least 4 members (excludes halogenated alkanes) is 1. The van der Waals surface area contributed by atoms with Crippen molar-refractivity contribution in [2.75, 3.05) is 25.4 Å². The number of nitrogens with two attached hydrogens (primary N) is 1. The Balaban J connectivity index is 2.26. The summed E-state index contributed by atoms with van der Waals surface area (Å²) in [5.74, 6) is 1.34. The molecule has 1 saturated heterocycles. The molecule has 1 unspecified atom stereocenters. The Bertz CT molecular complexity index is 199. The smallest absolute Gasteiger partial charge is 0.236 e. The summed E-state index contributed by atoms with van der Waals surface area (Å²) in [6, 6.07) is 0. The van der Waals surface area contributed by atoms with Crippen LogP contribution in [-0.4, -0.2) is 41.4 Å². The van der Waals surface area contributed by atoms with Crippen LogP contribution in [0.1, 0.15) is 32.6 Å². The number of piperidine rings is 1. The van der Waals surface area contributed by atoms with Crippen LogP contribution in [0.4, 0.5) is 0 Å². The number of carbonyl (C=O) groups excluding carboxylic acids is 1. The molecule has 1 heterocycles. The van der Waals surface area contributed by atoms with Crippen molar-refractivity contribution in [1.82, 2.24) is 4.90 Å². The standard InChI is InChI=1S/C11H22N2OS/c1-2-3-7-15-10-5-4-6-13(9-10)11(14)8-12/h10H,2-9,12H2,1H3. The highest BCUT2D eigenvalue weighted by Crippen LogP contribution is 2.23. The van der Waals surface area contributed by atoms with Crippen LogP contribution >= 0.6 is 11.8 Å². The Morgan fingerprint density at radius 3 is 3.07 bits per heavy atom. The second kappa shape index (κ2) is 7.12. The van der Waals surface area contributed by atoms with Crippen LogP contribution in [0.25, 0.3) is 0 Å². The van der Waals surface area contributed by atoms with Crippen LogP contribution < -0.4 is 5.73 Å². The minimum Gasteiger partial charge on any atom is -0.340 e. The monoisotopic (exact) mass is 230 g/mol. The highest BCUT2D eigenvalue weighted by Gasteiger charge is 2.22. The SMILES string of the molecule is CCCCSC1CCCN(C(=O)CN)C1. The molecule has 0 aromatic heterocycles. The van der Waals surface area contributed by atoms with Crippen molar-refractivity contribution in [2.24, 2.45) is 5.73 Å². The van der Waals surface area contributed by atoms with E-state index in [2.05, 4.69) is 6.92 Å². The molecule has 4 heteroatoms. The number of hydrogen-bond acceptors (Lipinski definition) is 3. The molecule has 15 heavy (non-hydrogen) atoms. The maximum absolute atomic E-state index is 11.4. The van der Waals surface area contributed by atoms with E-state index in [9.17, 15) is 4.79 Å². The number of thioether (sulfide) groups is 1. The third kappa shape index (κ3) is 4.43. The maximum atomic E-state index is 11.4. The van der Waals surface area contributed by atoms with Gasteiger partial charge in [0.1, 0.15) is 0 Å². The zero-order valence-electron chi connectivity index (χ0n) is 9.58. The fourth-order valence-electron chi connectivity index (χ4n) is 1.82. The Labute approximate surface area is 96.8 Å². The van der Waals surface area contributed by atoms with E-state index in [1.807, 2.05) is 16.7 Å². The lowest BCUT2D eigenvalue weighted by molar-refractivity contribution is -0.130. The summed E-state index contributed by atoms with van der Waals surface area (Å²) in [6.07, 6.45) is 4.93. The summed E-state index contributed by atoms with van der Waals surface area (Å²) in [4.78, 5) is 13.4. The van der Waals surface area contributed by atoms with Gasteiger partial charge in [0.25, 0.3) is 0 Å². The molecule has 2 N–H and O–H groups in total. The molecule has 0 bridgehead atoms. The van der Waals surface area contributed by atoms with Gasteiger partial charge in [-0.05, 0) is 25.0 Å². The van der Waals surface area contributed by atoms with Gasteiger partial charge in [-0.3, -0.25) is 4.79 Å². The van der Waals surface area contributed by atoms with Gasteiger partial charge in [0.2, 0.25) is 5.91 Å². The van der Waals surface area contributed by atoms with Crippen LogP contribution in [0.15, 0.2) is 0 Å². The lowest BCUT2D eigenvalue weighted by Crippen LogP contribution is -2.44. The van der Waals surface area contributed by atoms with Gasteiger partial charge in [-0.25, -0.2) is 0 Å². The van der Waals surface area contributed by atoms with Crippen molar-refractivity contribution < 1.29 is 4.79 Å². The number of nitrogens with zero attached hydrogens (tertiary/aromatic N) is 1. The van der Waals surface area contributed by atoms with E-state index in [-0.39, 0.29) is 12.5 Å². The van der Waals surface area contributed by atoms with E-state index in [0.29, 0.717) is 5.25 Å². The molecular weight excluding hydrogens is 208 g/mol. The third-order valence-electron chi connectivity index (χ3n) is 2.76. The van der Waals surface area contributed by atoms with E-state index < -0.39 is 0 Å². The molecule has 1 rings (SSSR count). The van der Waals surface area contributed by atoms with Crippen molar-refractivity contribution in [3.8, 4) is 0 Å². The van der Waals surface area contributed by atoms with Crippen LogP contribution in [0.2, 0.25) is 0 Å². The second-order valence-electron chi connectivity index (χ2n) is 4.03. The van der Waals surface area contributed by atoms with Crippen molar-refractivity contribution >= 4 is 17.7 Å². The molecule has 1 amide bonds. The largest absolute Gasteiger partial charge is 0.340 e. The zero-order chi connectivity index (χ0) is 11.1. The lowest BCUT2D eigenvalue weighted by Gasteiger charge is -2.32. The van der Waals surface area contributed by atoms with E-state index in [1.165, 1.54) is 25.0 Å². The van der Waals surface area contributed by atoms with E-state index in [0.717, 1.165) is 19.5 Å². The average Bonchev–Trinajstić information content (AvgIpc) is 2.29. The number of hydrogen-bond donors (Lipinski definition) is 1. The summed E-state index contributed by atoms with van der Waals surface area (Å²) in [7, 11) is 0. The molecule has 1 aliphatic rings. The fraction of sp³-hybridized carbons (Fsp3) is 0.909. The molecular formula is C11H22N2OS. The van der Waals surface area contributed by atoms with Crippen molar-refractivity contribution in [3.63, 3.8) is 0 Å². The van der Waals surface area contributed by atoms with E-state index in [1.54, 1.807) is 0 Å². The minimum absolute atomic E-state index is 0.107. The van der Waals surface area contributed by atoms with Gasteiger partial charge in [0.15, 0.2) is 0 Å². The highest BCUT2D eigenvalue weighted by atomic mass is 32.2. The average molecular weight is 230 g/mol. The second-order valence-corrected chi connectivity index (χ2v) is 5.44. The fourth-order valence-corrected chi connectivity index (χ4v) is 3.23. The number of amides is 1. The van der Waals surface area contributed by atoms with Gasteiger partial charge in [-0.1, -0.05) is 13.3 Å². The normalized spacial score (nSPS) is 21.7. The predicted molar refractivity (Wildman–Crippen MR) is 66.0 cm³/mol. The van der Waals surface area contributed by atoms with Crippen LogP contribution in [-0.2, 0) is 4.79 Å². The molecule has 0 saturated carbocycles. The Morgan fingerprint density at radius 1 is 1.60 bits per heavy atom. The quantitative estimate of drug-likeness (QED) is 0.728. The summed E-state index contributed by atoms with van der Waals surface area (Å²) < 4.78 is 0. The maximum Gasteiger partial charge on any atom is 0.236 e. The Morgan fingerprint density at radius 2 is 2.40 bits per heavy atom. The molecule has 0 radical (unpaired) electrons. The summed E-state index contributed by atoms with van der Waals surface area (Å²) in [5.41, 5.74) is 5.37. The van der Waals surface area contributed by atoms with Crippen LogP contribution in [0.5, 0.6) is 0 Å². The summed E-state index contributed by atoms with van der Waals surface area (Å²) >= 11 is 2.02. The van der Waals surface area contributed by atoms with Crippen molar-refractivity contribution in [2.45, 2.75) is 37.9 Å². The first-order valence-corrected chi connectivity index (χ1v) is 6.92.